The maximum Gasteiger partial charge on any atom is 0.154 e. The van der Waals surface area contributed by atoms with Crippen molar-refractivity contribution in [2.45, 2.75) is 0 Å². The predicted molar refractivity (Wildman–Crippen MR) is 80.8 cm³/mol. The fourth-order valence-corrected chi connectivity index (χ4v) is 2.41. The number of fused-ring (bicyclic) bond motifs is 2. The lowest BCUT2D eigenvalue weighted by Gasteiger charge is -2.05. The Labute approximate surface area is 115 Å². The van der Waals surface area contributed by atoms with Crippen molar-refractivity contribution in [1.29, 1.82) is 0 Å². The highest BCUT2D eigenvalue weighted by molar-refractivity contribution is 5.84. The van der Waals surface area contributed by atoms with E-state index in [2.05, 4.69) is 10.1 Å². The number of benzene rings is 2. The zero-order chi connectivity index (χ0) is 13.5. The molecule has 20 heavy (non-hydrogen) atoms. The van der Waals surface area contributed by atoms with Crippen molar-refractivity contribution in [3.05, 3.63) is 60.8 Å². The van der Waals surface area contributed by atoms with E-state index in [-0.39, 0.29) is 0 Å². The Morgan fingerprint density at radius 3 is 2.75 bits per heavy atom. The maximum atomic E-state index is 5.79. The molecule has 0 radical (unpaired) electrons. The van der Waals surface area contributed by atoms with Crippen LogP contribution in [0.3, 0.4) is 0 Å². The maximum absolute atomic E-state index is 5.79. The van der Waals surface area contributed by atoms with Gasteiger partial charge in [0.1, 0.15) is 0 Å². The minimum Gasteiger partial charge on any atom is -0.399 e. The van der Waals surface area contributed by atoms with Crippen LogP contribution in [0.15, 0.2) is 60.8 Å². The van der Waals surface area contributed by atoms with Gasteiger partial charge in [0.25, 0.3) is 0 Å². The van der Waals surface area contributed by atoms with Crippen molar-refractivity contribution < 1.29 is 0 Å². The van der Waals surface area contributed by atoms with E-state index in [1.54, 1.807) is 0 Å². The predicted octanol–water partition coefficient (Wildman–Crippen LogP) is 3.16. The van der Waals surface area contributed by atoms with Crippen LogP contribution in [-0.2, 0) is 0 Å². The molecule has 0 aliphatic heterocycles. The first-order valence-electron chi connectivity index (χ1n) is 6.41. The fraction of sp³-hybridized carbons (Fsp3) is 0. The molecule has 4 rings (SSSR count). The summed E-state index contributed by atoms with van der Waals surface area (Å²) < 4.78 is 1.85. The minimum atomic E-state index is 0.747. The number of anilines is 1. The molecule has 0 atom stereocenters. The Kier molecular flexibility index (Phi) is 2.23. The zero-order valence-corrected chi connectivity index (χ0v) is 10.7. The Morgan fingerprint density at radius 1 is 0.900 bits per heavy atom. The second kappa shape index (κ2) is 4.06. The number of aromatic nitrogens is 3. The normalized spacial score (nSPS) is 11.2. The lowest BCUT2D eigenvalue weighted by atomic mass is 10.2. The molecule has 0 bridgehead atoms. The Morgan fingerprint density at radius 2 is 1.80 bits per heavy atom. The van der Waals surface area contributed by atoms with Crippen molar-refractivity contribution in [3.63, 3.8) is 0 Å². The summed E-state index contributed by atoms with van der Waals surface area (Å²) >= 11 is 0. The number of nitrogens with zero attached hydrogens (tertiary/aromatic N) is 3. The van der Waals surface area contributed by atoms with Crippen molar-refractivity contribution in [2.24, 2.45) is 0 Å². The molecule has 4 heteroatoms. The second-order valence-electron chi connectivity index (χ2n) is 4.74. The Balaban J connectivity index is 1.96. The van der Waals surface area contributed by atoms with E-state index in [1.165, 1.54) is 0 Å². The highest BCUT2D eigenvalue weighted by Gasteiger charge is 2.06. The first kappa shape index (κ1) is 11.0. The second-order valence-corrected chi connectivity index (χ2v) is 4.74. The summed E-state index contributed by atoms with van der Waals surface area (Å²) in [6, 6.07) is 17.8. The van der Waals surface area contributed by atoms with E-state index in [0.29, 0.717) is 0 Å². The molecule has 2 aromatic heterocycles. The number of hydrogen-bond donors (Lipinski definition) is 1. The topological polar surface area (TPSA) is 56.7 Å². The molecule has 0 aliphatic carbocycles. The smallest absolute Gasteiger partial charge is 0.154 e. The number of rotatable bonds is 1. The van der Waals surface area contributed by atoms with Crippen LogP contribution in [0.25, 0.3) is 27.6 Å². The number of nitrogen functional groups attached to an aromatic ring is 1. The zero-order valence-electron chi connectivity index (χ0n) is 10.7. The van der Waals surface area contributed by atoms with E-state index in [1.807, 2.05) is 65.5 Å². The molecular formula is C16H12N4. The van der Waals surface area contributed by atoms with Gasteiger partial charge in [-0.25, -0.2) is 9.67 Å². The van der Waals surface area contributed by atoms with Gasteiger partial charge < -0.3 is 5.73 Å². The summed E-state index contributed by atoms with van der Waals surface area (Å²) in [6.07, 6.45) is 1.85. The first-order valence-corrected chi connectivity index (χ1v) is 6.41. The van der Waals surface area contributed by atoms with Gasteiger partial charge in [0.05, 0.1) is 17.2 Å². The van der Waals surface area contributed by atoms with Crippen molar-refractivity contribution >= 4 is 27.5 Å². The average Bonchev–Trinajstić information content (AvgIpc) is 2.91. The molecule has 0 fully saturated rings. The first-order chi connectivity index (χ1) is 9.81. The van der Waals surface area contributed by atoms with Gasteiger partial charge in [0, 0.05) is 16.5 Å². The van der Waals surface area contributed by atoms with Crippen LogP contribution in [0.5, 0.6) is 0 Å². The summed E-state index contributed by atoms with van der Waals surface area (Å²) in [5, 5.41) is 6.56. The minimum absolute atomic E-state index is 0.747. The summed E-state index contributed by atoms with van der Waals surface area (Å²) in [5.41, 5.74) is 8.50. The monoisotopic (exact) mass is 260 g/mol. The number of nitrogens with two attached hydrogens (primary N) is 1. The van der Waals surface area contributed by atoms with E-state index < -0.39 is 0 Å². The van der Waals surface area contributed by atoms with Crippen molar-refractivity contribution in [3.8, 4) is 5.82 Å². The highest BCUT2D eigenvalue weighted by Crippen LogP contribution is 2.20. The van der Waals surface area contributed by atoms with Gasteiger partial charge in [-0.15, -0.1) is 0 Å². The third kappa shape index (κ3) is 1.62. The molecule has 4 aromatic rings. The van der Waals surface area contributed by atoms with Gasteiger partial charge in [0.2, 0.25) is 0 Å². The summed E-state index contributed by atoms with van der Waals surface area (Å²) in [4.78, 5) is 4.65. The molecule has 0 saturated heterocycles. The lowest BCUT2D eigenvalue weighted by molar-refractivity contribution is 0.881. The standard InChI is InChI=1S/C16H12N4/c17-13-6-7-14-11(9-13)5-8-16(19-14)20-15-4-2-1-3-12(15)10-18-20/h1-10H,17H2. The van der Waals surface area contributed by atoms with Gasteiger partial charge in [-0.1, -0.05) is 18.2 Å². The number of hydrogen-bond acceptors (Lipinski definition) is 3. The summed E-state index contributed by atoms with van der Waals surface area (Å²) in [7, 11) is 0. The lowest BCUT2D eigenvalue weighted by Crippen LogP contribution is -1.99. The molecule has 96 valence electrons. The quantitative estimate of drug-likeness (QED) is 0.535. The van der Waals surface area contributed by atoms with Gasteiger partial charge in [-0.2, -0.15) is 5.10 Å². The van der Waals surface area contributed by atoms with Gasteiger partial charge in [-0.3, -0.25) is 0 Å². The molecule has 4 nitrogen and oxygen atoms in total. The molecule has 2 heterocycles. The Hall–Kier alpha value is -2.88. The van der Waals surface area contributed by atoms with Gasteiger partial charge >= 0.3 is 0 Å². The average molecular weight is 260 g/mol. The summed E-state index contributed by atoms with van der Waals surface area (Å²) in [6.45, 7) is 0. The number of para-hydroxylation sites is 1. The molecule has 0 aliphatic rings. The molecular weight excluding hydrogens is 248 g/mol. The largest absolute Gasteiger partial charge is 0.399 e. The molecule has 0 spiro atoms. The van der Waals surface area contributed by atoms with Gasteiger partial charge in [0.15, 0.2) is 5.82 Å². The Bertz CT molecular complexity index is 924. The number of pyridine rings is 1. The van der Waals surface area contributed by atoms with Crippen molar-refractivity contribution in [2.75, 3.05) is 5.73 Å². The van der Waals surface area contributed by atoms with Crippen LogP contribution < -0.4 is 5.73 Å². The highest BCUT2D eigenvalue weighted by atomic mass is 15.3. The summed E-state index contributed by atoms with van der Waals surface area (Å²) in [5.74, 6) is 0.809. The van der Waals surface area contributed by atoms with Crippen molar-refractivity contribution in [1.82, 2.24) is 14.8 Å². The van der Waals surface area contributed by atoms with E-state index >= 15 is 0 Å². The third-order valence-electron chi connectivity index (χ3n) is 3.39. The molecule has 0 amide bonds. The van der Waals surface area contributed by atoms with E-state index in [9.17, 15) is 0 Å². The van der Waals surface area contributed by atoms with Crippen LogP contribution in [0.4, 0.5) is 5.69 Å². The van der Waals surface area contributed by atoms with Crippen LogP contribution in [0.1, 0.15) is 0 Å². The third-order valence-corrected chi connectivity index (χ3v) is 3.39. The molecule has 2 aromatic carbocycles. The fourth-order valence-electron chi connectivity index (χ4n) is 2.41. The van der Waals surface area contributed by atoms with Crippen LogP contribution in [0.2, 0.25) is 0 Å². The van der Waals surface area contributed by atoms with Crippen LogP contribution >= 0.6 is 0 Å². The van der Waals surface area contributed by atoms with Crippen LogP contribution in [-0.4, -0.2) is 14.8 Å². The SMILES string of the molecule is Nc1ccc2nc(-n3ncc4ccccc43)ccc2c1. The van der Waals surface area contributed by atoms with Crippen LogP contribution in [0, 0.1) is 0 Å². The molecule has 2 N–H and O–H groups in total. The molecule has 0 unspecified atom stereocenters. The molecule has 0 saturated carbocycles. The van der Waals surface area contributed by atoms with E-state index in [4.69, 9.17) is 5.73 Å². The van der Waals surface area contributed by atoms with E-state index in [0.717, 1.165) is 33.3 Å². The van der Waals surface area contributed by atoms with Gasteiger partial charge in [-0.05, 0) is 36.4 Å².